The number of alkyl halides is 3. The molecule has 0 amide bonds. The van der Waals surface area contributed by atoms with E-state index in [0.717, 1.165) is 5.57 Å². The lowest BCUT2D eigenvalue weighted by molar-refractivity contribution is -0.274. The van der Waals surface area contributed by atoms with Crippen molar-refractivity contribution in [2.75, 3.05) is 0 Å². The Morgan fingerprint density at radius 3 is 2.59 bits per heavy atom. The Morgan fingerprint density at radius 2 is 2.00 bits per heavy atom. The molecule has 0 saturated carbocycles. The van der Waals surface area contributed by atoms with E-state index < -0.39 is 6.36 Å². The van der Waals surface area contributed by atoms with Crippen LogP contribution in [0, 0.1) is 0 Å². The van der Waals surface area contributed by atoms with E-state index in [2.05, 4.69) is 4.74 Å². The van der Waals surface area contributed by atoms with Gasteiger partial charge in [0.15, 0.2) is 0 Å². The Labute approximate surface area is 98.2 Å². The lowest BCUT2D eigenvalue weighted by atomic mass is 10.1. The highest BCUT2D eigenvalue weighted by Crippen LogP contribution is 2.25. The molecule has 0 atom stereocenters. The second kappa shape index (κ2) is 5.57. The van der Waals surface area contributed by atoms with Gasteiger partial charge in [-0.25, -0.2) is 0 Å². The molecule has 0 saturated heterocycles. The van der Waals surface area contributed by atoms with Crippen molar-refractivity contribution in [3.63, 3.8) is 0 Å². The zero-order valence-corrected chi connectivity index (χ0v) is 9.58. The van der Waals surface area contributed by atoms with Crippen molar-refractivity contribution >= 4 is 5.57 Å². The zero-order chi connectivity index (χ0) is 12.9. The number of benzene rings is 1. The highest BCUT2D eigenvalue weighted by atomic mass is 19.4. The number of ether oxygens (including phenoxy) is 1. The van der Waals surface area contributed by atoms with Crippen LogP contribution < -0.4 is 4.74 Å². The van der Waals surface area contributed by atoms with Crippen molar-refractivity contribution in [2.45, 2.75) is 20.2 Å². The second-order valence-corrected chi connectivity index (χ2v) is 3.45. The fraction of sp³-hybridized carbons (Fsp3) is 0.231. The van der Waals surface area contributed by atoms with E-state index in [4.69, 9.17) is 0 Å². The van der Waals surface area contributed by atoms with Crippen molar-refractivity contribution in [2.24, 2.45) is 0 Å². The topological polar surface area (TPSA) is 9.23 Å². The van der Waals surface area contributed by atoms with Crippen LogP contribution in [0.4, 0.5) is 13.2 Å². The van der Waals surface area contributed by atoms with E-state index in [-0.39, 0.29) is 5.75 Å². The molecule has 0 aliphatic rings. The molecule has 0 unspecified atom stereocenters. The summed E-state index contributed by atoms with van der Waals surface area (Å²) >= 11 is 0. The third-order valence-electron chi connectivity index (χ3n) is 2.06. The zero-order valence-electron chi connectivity index (χ0n) is 9.58. The summed E-state index contributed by atoms with van der Waals surface area (Å²) in [6, 6.07) is 5.91. The molecule has 1 aromatic carbocycles. The summed E-state index contributed by atoms with van der Waals surface area (Å²) in [4.78, 5) is 0. The molecule has 0 bridgehead atoms. The van der Waals surface area contributed by atoms with Crippen LogP contribution in [0.1, 0.15) is 19.4 Å². The summed E-state index contributed by atoms with van der Waals surface area (Å²) in [6.45, 7) is 3.69. The van der Waals surface area contributed by atoms with Gasteiger partial charge in [-0.05, 0) is 37.1 Å². The highest BCUT2D eigenvalue weighted by Gasteiger charge is 2.31. The van der Waals surface area contributed by atoms with Gasteiger partial charge in [-0.3, -0.25) is 0 Å². The van der Waals surface area contributed by atoms with E-state index >= 15 is 0 Å². The minimum Gasteiger partial charge on any atom is -0.406 e. The third kappa shape index (κ3) is 4.76. The Morgan fingerprint density at radius 1 is 1.29 bits per heavy atom. The quantitative estimate of drug-likeness (QED) is 0.706. The molecule has 1 nitrogen and oxygen atoms in total. The summed E-state index contributed by atoms with van der Waals surface area (Å²) in [6.07, 6.45) is 0.846. The molecular formula is C13H13F3O. The standard InChI is InChI=1S/C13H13F3O/c1-3-4-6-10(2)11-7-5-8-12(9-11)17-13(14,15)16/h3-9H,1-2H3. The first-order valence-corrected chi connectivity index (χ1v) is 5.08. The second-order valence-electron chi connectivity index (χ2n) is 3.45. The van der Waals surface area contributed by atoms with Crippen molar-refractivity contribution in [1.82, 2.24) is 0 Å². The van der Waals surface area contributed by atoms with Crippen LogP contribution in [0.5, 0.6) is 5.75 Å². The molecule has 0 heterocycles. The molecule has 1 rings (SSSR count). The maximum absolute atomic E-state index is 12.0. The molecule has 0 spiro atoms. The van der Waals surface area contributed by atoms with Gasteiger partial charge in [0, 0.05) is 0 Å². The number of rotatable bonds is 3. The Hall–Kier alpha value is -1.71. The monoisotopic (exact) mass is 242 g/mol. The number of hydrogen-bond acceptors (Lipinski definition) is 1. The van der Waals surface area contributed by atoms with Crippen LogP contribution in [0.25, 0.3) is 5.57 Å². The molecule has 0 fully saturated rings. The van der Waals surface area contributed by atoms with Crippen LogP contribution in [-0.4, -0.2) is 6.36 Å². The fourth-order valence-corrected chi connectivity index (χ4v) is 1.28. The maximum Gasteiger partial charge on any atom is 0.573 e. The molecule has 0 aliphatic heterocycles. The van der Waals surface area contributed by atoms with Gasteiger partial charge in [0.1, 0.15) is 5.75 Å². The Bertz CT molecular complexity index is 431. The Balaban J connectivity index is 2.93. The van der Waals surface area contributed by atoms with Gasteiger partial charge in [-0.2, -0.15) is 0 Å². The van der Waals surface area contributed by atoms with E-state index in [0.29, 0.717) is 5.56 Å². The van der Waals surface area contributed by atoms with E-state index in [1.54, 1.807) is 6.07 Å². The van der Waals surface area contributed by atoms with Crippen molar-refractivity contribution in [3.05, 3.63) is 48.1 Å². The SMILES string of the molecule is CC=CC=C(C)c1cccc(OC(F)(F)F)c1. The molecule has 4 heteroatoms. The van der Waals surface area contributed by atoms with Crippen LogP contribution in [0.2, 0.25) is 0 Å². The molecule has 0 aliphatic carbocycles. The number of halogens is 3. The van der Waals surface area contributed by atoms with Gasteiger partial charge < -0.3 is 4.74 Å². The number of allylic oxidation sites excluding steroid dienone is 4. The first-order valence-electron chi connectivity index (χ1n) is 5.08. The predicted octanol–water partition coefficient (Wildman–Crippen LogP) is 4.56. The largest absolute Gasteiger partial charge is 0.573 e. The van der Waals surface area contributed by atoms with E-state index in [9.17, 15) is 13.2 Å². The summed E-state index contributed by atoms with van der Waals surface area (Å²) in [5.74, 6) is -0.205. The molecule has 0 radical (unpaired) electrons. The van der Waals surface area contributed by atoms with Crippen molar-refractivity contribution in [3.8, 4) is 5.75 Å². The van der Waals surface area contributed by atoms with Gasteiger partial charge in [0.2, 0.25) is 0 Å². The van der Waals surface area contributed by atoms with Gasteiger partial charge >= 0.3 is 6.36 Å². The van der Waals surface area contributed by atoms with Gasteiger partial charge in [0.05, 0.1) is 0 Å². The van der Waals surface area contributed by atoms with Crippen LogP contribution >= 0.6 is 0 Å². The summed E-state index contributed by atoms with van der Waals surface area (Å²) in [5, 5.41) is 0. The molecule has 1 aromatic rings. The minimum absolute atomic E-state index is 0.205. The van der Waals surface area contributed by atoms with E-state index in [1.807, 2.05) is 32.1 Å². The third-order valence-corrected chi connectivity index (χ3v) is 2.06. The van der Waals surface area contributed by atoms with Gasteiger partial charge in [-0.1, -0.05) is 30.4 Å². The highest BCUT2D eigenvalue weighted by molar-refractivity contribution is 5.66. The molecular weight excluding hydrogens is 229 g/mol. The van der Waals surface area contributed by atoms with Crippen LogP contribution in [-0.2, 0) is 0 Å². The van der Waals surface area contributed by atoms with Crippen LogP contribution in [0.15, 0.2) is 42.5 Å². The van der Waals surface area contributed by atoms with Crippen LogP contribution in [0.3, 0.4) is 0 Å². The van der Waals surface area contributed by atoms with Crippen molar-refractivity contribution < 1.29 is 17.9 Å². The first kappa shape index (κ1) is 13.4. The normalized spacial score (nSPS) is 13.1. The Kier molecular flexibility index (Phi) is 4.37. The number of hydrogen-bond donors (Lipinski definition) is 0. The van der Waals surface area contributed by atoms with Crippen molar-refractivity contribution in [1.29, 1.82) is 0 Å². The van der Waals surface area contributed by atoms with Gasteiger partial charge in [0.25, 0.3) is 0 Å². The maximum atomic E-state index is 12.0. The van der Waals surface area contributed by atoms with Gasteiger partial charge in [-0.15, -0.1) is 13.2 Å². The lowest BCUT2D eigenvalue weighted by Crippen LogP contribution is -2.17. The minimum atomic E-state index is -4.65. The van der Waals surface area contributed by atoms with E-state index in [1.165, 1.54) is 18.2 Å². The summed E-state index contributed by atoms with van der Waals surface area (Å²) < 4.78 is 39.9. The summed E-state index contributed by atoms with van der Waals surface area (Å²) in [5.41, 5.74) is 1.57. The first-order chi connectivity index (χ1) is 7.92. The lowest BCUT2D eigenvalue weighted by Gasteiger charge is -2.10. The molecule has 0 aromatic heterocycles. The average Bonchev–Trinajstić information content (AvgIpc) is 2.24. The average molecular weight is 242 g/mol. The molecule has 17 heavy (non-hydrogen) atoms. The predicted molar refractivity (Wildman–Crippen MR) is 61.6 cm³/mol. The molecule has 0 N–H and O–H groups in total. The summed E-state index contributed by atoms with van der Waals surface area (Å²) in [7, 11) is 0. The molecule has 92 valence electrons. The smallest absolute Gasteiger partial charge is 0.406 e. The fourth-order valence-electron chi connectivity index (χ4n) is 1.28.